The molecule has 25 heavy (non-hydrogen) atoms. The van der Waals surface area contributed by atoms with Crippen LogP contribution in [0.15, 0.2) is 30.5 Å². The Kier molecular flexibility index (Phi) is 4.19. The number of benzene rings is 1. The van der Waals surface area contributed by atoms with Gasteiger partial charge in [-0.1, -0.05) is 17.3 Å². The van der Waals surface area contributed by atoms with Crippen LogP contribution in [0.3, 0.4) is 0 Å². The molecule has 0 aliphatic carbocycles. The van der Waals surface area contributed by atoms with Crippen LogP contribution < -0.4 is 0 Å². The molecule has 8 heteroatoms. The zero-order valence-corrected chi connectivity index (χ0v) is 13.8. The van der Waals surface area contributed by atoms with Crippen molar-refractivity contribution in [3.63, 3.8) is 0 Å². The van der Waals surface area contributed by atoms with Gasteiger partial charge < -0.3 is 10.1 Å². The van der Waals surface area contributed by atoms with E-state index < -0.39 is 5.97 Å². The van der Waals surface area contributed by atoms with Gasteiger partial charge in [-0.15, -0.1) is 5.10 Å². The van der Waals surface area contributed by atoms with E-state index in [1.54, 1.807) is 4.68 Å². The van der Waals surface area contributed by atoms with Crippen molar-refractivity contribution < 1.29 is 9.90 Å². The Balaban J connectivity index is 1.39. The molecule has 0 amide bonds. The van der Waals surface area contributed by atoms with Gasteiger partial charge in [0.1, 0.15) is 5.82 Å². The van der Waals surface area contributed by atoms with Gasteiger partial charge in [-0.3, -0.25) is 9.58 Å². The number of carboxylic acid groups (broad SMARTS) is 1. The maximum absolute atomic E-state index is 10.9. The third kappa shape index (κ3) is 3.53. The van der Waals surface area contributed by atoms with Gasteiger partial charge in [0.15, 0.2) is 5.69 Å². The van der Waals surface area contributed by atoms with Crippen LogP contribution in [0.4, 0.5) is 0 Å². The fraction of sp³-hybridized carbons (Fsp3) is 0.412. The maximum atomic E-state index is 10.9. The Morgan fingerprint density at radius 2 is 2.24 bits per heavy atom. The third-order valence-electron chi connectivity index (χ3n) is 4.62. The van der Waals surface area contributed by atoms with Crippen molar-refractivity contribution in [3.8, 4) is 0 Å². The minimum absolute atomic E-state index is 0.00468. The highest BCUT2D eigenvalue weighted by atomic mass is 16.4. The number of hydrogen-bond acceptors (Lipinski definition) is 5. The number of carboxylic acids is 1. The molecule has 8 nitrogen and oxygen atoms in total. The molecule has 1 saturated heterocycles. The summed E-state index contributed by atoms with van der Waals surface area (Å²) >= 11 is 0. The lowest BCUT2D eigenvalue weighted by atomic mass is 9.98. The molecule has 3 heterocycles. The lowest BCUT2D eigenvalue weighted by Gasteiger charge is -2.31. The molecule has 1 atom stereocenters. The topological polar surface area (TPSA) is 99.9 Å². The molecular formula is C17H20N6O2. The number of aromatic nitrogens is 5. The van der Waals surface area contributed by atoms with Crippen molar-refractivity contribution in [3.05, 3.63) is 42.0 Å². The first-order valence-corrected chi connectivity index (χ1v) is 8.47. The first-order valence-electron chi connectivity index (χ1n) is 8.47. The smallest absolute Gasteiger partial charge is 0.358 e. The molecule has 130 valence electrons. The largest absolute Gasteiger partial charge is 0.476 e. The van der Waals surface area contributed by atoms with Crippen LogP contribution in [-0.4, -0.2) is 54.0 Å². The summed E-state index contributed by atoms with van der Waals surface area (Å²) in [6, 6.07) is 8.05. The fourth-order valence-corrected chi connectivity index (χ4v) is 3.49. The zero-order valence-electron chi connectivity index (χ0n) is 13.8. The standard InChI is InChI=1S/C17H20N6O2/c24-17(25)15-10-23(21-20-15)9-12-4-3-7-22(8-12)11-16-18-13-5-1-2-6-14(13)19-16/h1-2,5-6,10,12H,3-4,7-9,11H2,(H,18,19)(H,24,25). The van der Waals surface area contributed by atoms with Gasteiger partial charge in [-0.05, 0) is 37.4 Å². The van der Waals surface area contributed by atoms with E-state index in [0.29, 0.717) is 12.5 Å². The minimum Gasteiger partial charge on any atom is -0.476 e. The van der Waals surface area contributed by atoms with Crippen LogP contribution in [0.25, 0.3) is 11.0 Å². The van der Waals surface area contributed by atoms with Gasteiger partial charge in [0.05, 0.1) is 23.8 Å². The number of nitrogens with zero attached hydrogens (tertiary/aromatic N) is 5. The van der Waals surface area contributed by atoms with E-state index in [-0.39, 0.29) is 5.69 Å². The van der Waals surface area contributed by atoms with Crippen molar-refractivity contribution in [1.82, 2.24) is 29.9 Å². The second-order valence-electron chi connectivity index (χ2n) is 6.57. The second-order valence-corrected chi connectivity index (χ2v) is 6.57. The van der Waals surface area contributed by atoms with Crippen molar-refractivity contribution in [2.24, 2.45) is 5.92 Å². The quantitative estimate of drug-likeness (QED) is 0.734. The Labute approximate surface area is 144 Å². The Hall–Kier alpha value is -2.74. The molecule has 0 saturated carbocycles. The highest BCUT2D eigenvalue weighted by Crippen LogP contribution is 2.20. The predicted octanol–water partition coefficient (Wildman–Crippen LogP) is 1.76. The number of imidazole rings is 1. The summed E-state index contributed by atoms with van der Waals surface area (Å²) in [7, 11) is 0. The van der Waals surface area contributed by atoms with E-state index in [4.69, 9.17) is 5.11 Å². The molecule has 1 aliphatic heterocycles. The molecule has 4 rings (SSSR count). The molecular weight excluding hydrogens is 320 g/mol. The van der Waals surface area contributed by atoms with Crippen molar-refractivity contribution >= 4 is 17.0 Å². The molecule has 0 spiro atoms. The summed E-state index contributed by atoms with van der Waals surface area (Å²) in [4.78, 5) is 21.3. The van der Waals surface area contributed by atoms with Gasteiger partial charge >= 0.3 is 5.97 Å². The summed E-state index contributed by atoms with van der Waals surface area (Å²) in [5.41, 5.74) is 2.06. The van der Waals surface area contributed by atoms with Crippen LogP contribution in [0.1, 0.15) is 29.2 Å². The number of H-pyrrole nitrogens is 1. The first-order chi connectivity index (χ1) is 12.2. The molecule has 1 unspecified atom stereocenters. The lowest BCUT2D eigenvalue weighted by Crippen LogP contribution is -2.36. The average Bonchev–Trinajstić information content (AvgIpc) is 3.21. The SMILES string of the molecule is O=C(O)c1cn(CC2CCCN(Cc3nc4ccccc4[nH]3)C2)nn1. The third-order valence-corrected chi connectivity index (χ3v) is 4.62. The van der Waals surface area contributed by atoms with E-state index in [1.807, 2.05) is 24.3 Å². The van der Waals surface area contributed by atoms with Crippen molar-refractivity contribution in [2.75, 3.05) is 13.1 Å². The fourth-order valence-electron chi connectivity index (χ4n) is 3.49. The summed E-state index contributed by atoms with van der Waals surface area (Å²) in [5.74, 6) is 0.374. The number of piperidine rings is 1. The summed E-state index contributed by atoms with van der Waals surface area (Å²) in [5, 5.41) is 16.5. The normalized spacial score (nSPS) is 18.6. The van der Waals surface area contributed by atoms with Crippen molar-refractivity contribution in [1.29, 1.82) is 0 Å². The summed E-state index contributed by atoms with van der Waals surface area (Å²) in [6.45, 7) is 3.48. The number of nitrogens with one attached hydrogen (secondary N) is 1. The Morgan fingerprint density at radius 3 is 3.04 bits per heavy atom. The molecule has 0 radical (unpaired) electrons. The maximum Gasteiger partial charge on any atom is 0.358 e. The lowest BCUT2D eigenvalue weighted by molar-refractivity contribution is 0.0690. The van der Waals surface area contributed by atoms with Gasteiger partial charge in [0.25, 0.3) is 0 Å². The number of hydrogen-bond donors (Lipinski definition) is 2. The summed E-state index contributed by atoms with van der Waals surface area (Å²) < 4.78 is 1.64. The van der Waals surface area contributed by atoms with Crippen molar-refractivity contribution in [2.45, 2.75) is 25.9 Å². The van der Waals surface area contributed by atoms with E-state index in [2.05, 4.69) is 25.2 Å². The highest BCUT2D eigenvalue weighted by Gasteiger charge is 2.22. The average molecular weight is 340 g/mol. The number of aromatic carboxylic acids is 1. The Morgan fingerprint density at radius 1 is 1.36 bits per heavy atom. The van der Waals surface area contributed by atoms with E-state index in [9.17, 15) is 4.79 Å². The monoisotopic (exact) mass is 340 g/mol. The number of likely N-dealkylation sites (tertiary alicyclic amines) is 1. The van der Waals surface area contributed by atoms with Gasteiger partial charge in [0, 0.05) is 13.1 Å². The van der Waals surface area contributed by atoms with Crippen LogP contribution in [0, 0.1) is 5.92 Å². The molecule has 2 aromatic heterocycles. The molecule has 2 N–H and O–H groups in total. The molecule has 1 aromatic carbocycles. The number of aromatic amines is 1. The molecule has 1 fully saturated rings. The molecule has 3 aromatic rings. The summed E-state index contributed by atoms with van der Waals surface area (Å²) in [6.07, 6.45) is 3.73. The second kappa shape index (κ2) is 6.64. The van der Waals surface area contributed by atoms with E-state index in [1.165, 1.54) is 6.20 Å². The number of para-hydroxylation sites is 2. The van der Waals surface area contributed by atoms with Crippen LogP contribution in [-0.2, 0) is 13.1 Å². The van der Waals surface area contributed by atoms with Gasteiger partial charge in [-0.25, -0.2) is 9.78 Å². The molecule has 1 aliphatic rings. The van der Waals surface area contributed by atoms with Crippen LogP contribution in [0.5, 0.6) is 0 Å². The van der Waals surface area contributed by atoms with E-state index in [0.717, 1.165) is 49.3 Å². The predicted molar refractivity (Wildman–Crippen MR) is 91.1 cm³/mol. The minimum atomic E-state index is -1.04. The number of rotatable bonds is 5. The zero-order chi connectivity index (χ0) is 17.2. The van der Waals surface area contributed by atoms with Crippen LogP contribution in [0.2, 0.25) is 0 Å². The first kappa shape index (κ1) is 15.8. The van der Waals surface area contributed by atoms with Gasteiger partial charge in [0.2, 0.25) is 0 Å². The van der Waals surface area contributed by atoms with Gasteiger partial charge in [-0.2, -0.15) is 0 Å². The van der Waals surface area contributed by atoms with E-state index >= 15 is 0 Å². The highest BCUT2D eigenvalue weighted by molar-refractivity contribution is 5.84. The number of carbonyl (C=O) groups is 1. The number of fused-ring (bicyclic) bond motifs is 1. The molecule has 0 bridgehead atoms. The Bertz CT molecular complexity index is 853. The van der Waals surface area contributed by atoms with Crippen LogP contribution >= 0.6 is 0 Å².